The lowest BCUT2D eigenvalue weighted by Gasteiger charge is -2.32. The van der Waals surface area contributed by atoms with Crippen LogP contribution in [0.25, 0.3) is 0 Å². The van der Waals surface area contributed by atoms with Crippen molar-refractivity contribution in [1.29, 1.82) is 0 Å². The van der Waals surface area contributed by atoms with Crippen LogP contribution in [0.1, 0.15) is 46.0 Å². The summed E-state index contributed by atoms with van der Waals surface area (Å²) >= 11 is 0. The van der Waals surface area contributed by atoms with E-state index in [9.17, 15) is 4.79 Å². The van der Waals surface area contributed by atoms with Gasteiger partial charge in [-0.1, -0.05) is 13.3 Å². The lowest BCUT2D eigenvalue weighted by Crippen LogP contribution is -2.48. The van der Waals surface area contributed by atoms with E-state index >= 15 is 0 Å². The standard InChI is InChI=1S/C15H30N2O2/c1-5-17(12-13-8-6-9-13)11-7-10-15(2,16-3)14(18)19-4/h13,16H,5-12H2,1-4H3. The Morgan fingerprint density at radius 3 is 2.58 bits per heavy atom. The topological polar surface area (TPSA) is 41.6 Å². The fraction of sp³-hybridized carbons (Fsp3) is 0.933. The van der Waals surface area contributed by atoms with Crippen LogP contribution in [0.2, 0.25) is 0 Å². The van der Waals surface area contributed by atoms with E-state index in [0.717, 1.165) is 31.8 Å². The molecule has 0 radical (unpaired) electrons. The SMILES string of the molecule is CCN(CCCC(C)(NC)C(=O)OC)CC1CCC1. The minimum Gasteiger partial charge on any atom is -0.468 e. The van der Waals surface area contributed by atoms with Crippen molar-refractivity contribution in [2.75, 3.05) is 33.8 Å². The Hall–Kier alpha value is -0.610. The molecule has 0 bridgehead atoms. The van der Waals surface area contributed by atoms with Crippen molar-refractivity contribution in [1.82, 2.24) is 10.2 Å². The van der Waals surface area contributed by atoms with E-state index in [1.54, 1.807) is 0 Å². The molecule has 0 saturated heterocycles. The molecule has 0 spiro atoms. The van der Waals surface area contributed by atoms with Gasteiger partial charge in [-0.05, 0) is 58.7 Å². The first-order valence-electron chi connectivity index (χ1n) is 7.55. The van der Waals surface area contributed by atoms with Gasteiger partial charge in [-0.25, -0.2) is 0 Å². The smallest absolute Gasteiger partial charge is 0.325 e. The number of esters is 1. The van der Waals surface area contributed by atoms with Gasteiger partial charge in [-0.15, -0.1) is 0 Å². The summed E-state index contributed by atoms with van der Waals surface area (Å²) in [7, 11) is 3.27. The molecule has 1 aliphatic carbocycles. The molecule has 0 aromatic carbocycles. The van der Waals surface area contributed by atoms with Crippen LogP contribution in [-0.4, -0.2) is 50.2 Å². The normalized spacial score (nSPS) is 19.0. The van der Waals surface area contributed by atoms with Crippen molar-refractivity contribution in [3.63, 3.8) is 0 Å². The van der Waals surface area contributed by atoms with Gasteiger partial charge in [0.05, 0.1) is 7.11 Å². The number of methoxy groups -OCH3 is 1. The molecule has 1 unspecified atom stereocenters. The molecule has 1 saturated carbocycles. The molecular weight excluding hydrogens is 240 g/mol. The van der Waals surface area contributed by atoms with Gasteiger partial charge in [0.15, 0.2) is 0 Å². The minimum absolute atomic E-state index is 0.169. The summed E-state index contributed by atoms with van der Waals surface area (Å²) < 4.78 is 4.87. The third-order valence-electron chi connectivity index (χ3n) is 4.53. The van der Waals surface area contributed by atoms with Gasteiger partial charge >= 0.3 is 5.97 Å². The third-order valence-corrected chi connectivity index (χ3v) is 4.53. The average Bonchev–Trinajstić information content (AvgIpc) is 2.39. The quantitative estimate of drug-likeness (QED) is 0.651. The van der Waals surface area contributed by atoms with Gasteiger partial charge in [0.1, 0.15) is 5.54 Å². The highest BCUT2D eigenvalue weighted by Gasteiger charge is 2.32. The molecule has 1 aliphatic rings. The lowest BCUT2D eigenvalue weighted by molar-refractivity contribution is -0.148. The first-order chi connectivity index (χ1) is 9.05. The van der Waals surface area contributed by atoms with Gasteiger partial charge in [-0.2, -0.15) is 0 Å². The second kappa shape index (κ2) is 7.85. The first kappa shape index (κ1) is 16.4. The molecule has 0 aromatic heterocycles. The van der Waals surface area contributed by atoms with Crippen LogP contribution in [0, 0.1) is 5.92 Å². The van der Waals surface area contributed by atoms with Crippen LogP contribution >= 0.6 is 0 Å². The van der Waals surface area contributed by atoms with Crippen molar-refractivity contribution in [2.24, 2.45) is 5.92 Å². The number of hydrogen-bond acceptors (Lipinski definition) is 4. The molecule has 0 heterocycles. The Kier molecular flexibility index (Phi) is 6.80. The highest BCUT2D eigenvalue weighted by Crippen LogP contribution is 2.27. The molecule has 0 aromatic rings. The summed E-state index contributed by atoms with van der Waals surface area (Å²) in [5.41, 5.74) is -0.551. The highest BCUT2D eigenvalue weighted by molar-refractivity contribution is 5.80. The number of hydrogen-bond donors (Lipinski definition) is 1. The first-order valence-corrected chi connectivity index (χ1v) is 7.55. The predicted octanol–water partition coefficient (Wildman–Crippen LogP) is 2.04. The third kappa shape index (κ3) is 4.77. The largest absolute Gasteiger partial charge is 0.468 e. The van der Waals surface area contributed by atoms with E-state index in [-0.39, 0.29) is 5.97 Å². The Morgan fingerprint density at radius 1 is 1.47 bits per heavy atom. The second-order valence-electron chi connectivity index (χ2n) is 5.87. The number of likely N-dealkylation sites (N-methyl/N-ethyl adjacent to an activating group) is 1. The molecule has 1 atom stereocenters. The Bertz CT molecular complexity index is 279. The lowest BCUT2D eigenvalue weighted by atomic mass is 9.85. The van der Waals surface area contributed by atoms with Crippen molar-refractivity contribution in [3.05, 3.63) is 0 Å². The maximum atomic E-state index is 11.7. The zero-order valence-electron chi connectivity index (χ0n) is 13.0. The Morgan fingerprint density at radius 2 is 2.16 bits per heavy atom. The maximum Gasteiger partial charge on any atom is 0.325 e. The van der Waals surface area contributed by atoms with Crippen LogP contribution < -0.4 is 5.32 Å². The molecule has 1 fully saturated rings. The summed E-state index contributed by atoms with van der Waals surface area (Å²) in [4.78, 5) is 14.3. The minimum atomic E-state index is -0.551. The number of nitrogens with zero attached hydrogens (tertiary/aromatic N) is 1. The summed E-state index contributed by atoms with van der Waals surface area (Å²) in [6.07, 6.45) is 6.03. The van der Waals surface area contributed by atoms with Gasteiger partial charge in [0, 0.05) is 6.54 Å². The van der Waals surface area contributed by atoms with E-state index in [1.807, 2.05) is 14.0 Å². The van der Waals surface area contributed by atoms with Gasteiger partial charge in [0.2, 0.25) is 0 Å². The van der Waals surface area contributed by atoms with Gasteiger partial charge < -0.3 is 15.0 Å². The molecule has 4 heteroatoms. The summed E-state index contributed by atoms with van der Waals surface area (Å²) in [5.74, 6) is 0.744. The molecule has 112 valence electrons. The van der Waals surface area contributed by atoms with Crippen molar-refractivity contribution < 1.29 is 9.53 Å². The number of carbonyl (C=O) groups excluding carboxylic acids is 1. The molecule has 4 nitrogen and oxygen atoms in total. The number of rotatable bonds is 9. The molecule has 1 N–H and O–H groups in total. The van der Waals surface area contributed by atoms with Crippen LogP contribution in [-0.2, 0) is 9.53 Å². The number of ether oxygens (including phenoxy) is 1. The van der Waals surface area contributed by atoms with Gasteiger partial charge in [0.25, 0.3) is 0 Å². The highest BCUT2D eigenvalue weighted by atomic mass is 16.5. The Labute approximate surface area is 117 Å². The van der Waals surface area contributed by atoms with E-state index in [1.165, 1.54) is 32.9 Å². The summed E-state index contributed by atoms with van der Waals surface area (Å²) in [6, 6.07) is 0. The van der Waals surface area contributed by atoms with E-state index < -0.39 is 5.54 Å². The zero-order valence-corrected chi connectivity index (χ0v) is 13.0. The summed E-state index contributed by atoms with van der Waals surface area (Å²) in [6.45, 7) is 7.54. The second-order valence-corrected chi connectivity index (χ2v) is 5.87. The maximum absolute atomic E-state index is 11.7. The average molecular weight is 270 g/mol. The monoisotopic (exact) mass is 270 g/mol. The predicted molar refractivity (Wildman–Crippen MR) is 78.2 cm³/mol. The van der Waals surface area contributed by atoms with Crippen LogP contribution in [0.3, 0.4) is 0 Å². The van der Waals surface area contributed by atoms with E-state index in [0.29, 0.717) is 0 Å². The van der Waals surface area contributed by atoms with Crippen LogP contribution in [0.15, 0.2) is 0 Å². The van der Waals surface area contributed by atoms with Crippen LogP contribution in [0.5, 0.6) is 0 Å². The van der Waals surface area contributed by atoms with E-state index in [2.05, 4.69) is 17.1 Å². The number of nitrogens with one attached hydrogen (secondary N) is 1. The van der Waals surface area contributed by atoms with Crippen molar-refractivity contribution in [3.8, 4) is 0 Å². The molecule has 0 amide bonds. The zero-order chi connectivity index (χ0) is 14.3. The fourth-order valence-electron chi connectivity index (χ4n) is 2.63. The molecule has 1 rings (SSSR count). The van der Waals surface area contributed by atoms with Crippen molar-refractivity contribution >= 4 is 5.97 Å². The molecule has 19 heavy (non-hydrogen) atoms. The Balaban J connectivity index is 2.31. The van der Waals surface area contributed by atoms with E-state index in [4.69, 9.17) is 4.74 Å². The number of carbonyl (C=O) groups is 1. The summed E-state index contributed by atoms with van der Waals surface area (Å²) in [5, 5.41) is 3.09. The molecule has 0 aliphatic heterocycles. The van der Waals surface area contributed by atoms with Crippen LogP contribution in [0.4, 0.5) is 0 Å². The van der Waals surface area contributed by atoms with Gasteiger partial charge in [-0.3, -0.25) is 4.79 Å². The van der Waals surface area contributed by atoms with Crippen molar-refractivity contribution in [2.45, 2.75) is 51.5 Å². The molecular formula is C15H30N2O2. The fourth-order valence-corrected chi connectivity index (χ4v) is 2.63.